The first-order valence-corrected chi connectivity index (χ1v) is 12.3. The van der Waals surface area contributed by atoms with E-state index in [1.807, 2.05) is 0 Å². The molecule has 174 valence electrons. The van der Waals surface area contributed by atoms with Crippen LogP contribution in [0, 0.1) is 5.92 Å². The maximum absolute atomic E-state index is 12.9. The average Bonchev–Trinajstić information content (AvgIpc) is 3.01. The maximum Gasteiger partial charge on any atom is 0.325 e. The van der Waals surface area contributed by atoms with Crippen LogP contribution < -0.4 is 10.6 Å². The number of nitrogens with zero attached hydrogens (tertiary/aromatic N) is 2. The molecule has 2 aliphatic heterocycles. The molecule has 0 bridgehead atoms. The van der Waals surface area contributed by atoms with Crippen molar-refractivity contribution in [1.29, 1.82) is 0 Å². The highest BCUT2D eigenvalue weighted by Gasteiger charge is 2.52. The molecular formula is C21H28N4O6S. The number of amides is 4. The van der Waals surface area contributed by atoms with Crippen LogP contribution in [-0.2, 0) is 24.3 Å². The van der Waals surface area contributed by atoms with Gasteiger partial charge in [-0.1, -0.05) is 13.0 Å². The standard InChI is InChI=1S/C21H28N4O6S/c1-15-5-7-21(8-6-15)19(27)25(20(28)23-21)14-18(26)22-16-3-2-4-17(13-16)32(29,30)24-9-11-31-12-10-24/h2-4,13,15H,5-12,14H2,1H3,(H,22,26)(H,23,28). The third-order valence-electron chi connectivity index (χ3n) is 6.40. The van der Waals surface area contributed by atoms with Crippen LogP contribution in [-0.4, -0.2) is 73.9 Å². The van der Waals surface area contributed by atoms with E-state index in [1.54, 1.807) is 6.07 Å². The normalized spacial score (nSPS) is 26.9. The van der Waals surface area contributed by atoms with Crippen LogP contribution in [0.1, 0.15) is 32.6 Å². The molecule has 2 N–H and O–H groups in total. The van der Waals surface area contributed by atoms with Gasteiger partial charge in [-0.05, 0) is 49.8 Å². The second kappa shape index (κ2) is 8.80. The first kappa shape index (κ1) is 22.7. The second-order valence-corrected chi connectivity index (χ2v) is 10.6. The molecule has 11 heteroatoms. The number of imide groups is 1. The predicted octanol–water partition coefficient (Wildman–Crippen LogP) is 1.15. The van der Waals surface area contributed by atoms with Crippen molar-refractivity contribution in [2.45, 2.75) is 43.0 Å². The quantitative estimate of drug-likeness (QED) is 0.630. The number of urea groups is 1. The number of nitrogens with one attached hydrogen (secondary N) is 2. The molecule has 32 heavy (non-hydrogen) atoms. The van der Waals surface area contributed by atoms with E-state index in [9.17, 15) is 22.8 Å². The van der Waals surface area contributed by atoms with Crippen molar-refractivity contribution in [3.8, 4) is 0 Å². The molecule has 1 aromatic rings. The van der Waals surface area contributed by atoms with Crippen LogP contribution in [0.25, 0.3) is 0 Å². The fraction of sp³-hybridized carbons (Fsp3) is 0.571. The monoisotopic (exact) mass is 464 g/mol. The summed E-state index contributed by atoms with van der Waals surface area (Å²) in [7, 11) is -3.71. The lowest BCUT2D eigenvalue weighted by molar-refractivity contribution is -0.135. The molecule has 1 aliphatic carbocycles. The zero-order valence-electron chi connectivity index (χ0n) is 18.0. The summed E-state index contributed by atoms with van der Waals surface area (Å²) in [5.74, 6) is -0.437. The van der Waals surface area contributed by atoms with E-state index in [4.69, 9.17) is 4.74 Å². The van der Waals surface area contributed by atoms with Crippen LogP contribution in [0.5, 0.6) is 0 Å². The van der Waals surface area contributed by atoms with Crippen LogP contribution in [0.15, 0.2) is 29.2 Å². The summed E-state index contributed by atoms with van der Waals surface area (Å²) in [6.07, 6.45) is 2.82. The molecule has 0 atom stereocenters. The summed E-state index contributed by atoms with van der Waals surface area (Å²) in [5.41, 5.74) is -0.631. The number of ether oxygens (including phenoxy) is 1. The van der Waals surface area contributed by atoms with Gasteiger partial charge in [-0.2, -0.15) is 4.31 Å². The number of sulfonamides is 1. The minimum atomic E-state index is -3.71. The Kier molecular flexibility index (Phi) is 6.24. The lowest BCUT2D eigenvalue weighted by Crippen LogP contribution is -2.49. The number of carbonyl (C=O) groups is 3. The first-order valence-electron chi connectivity index (χ1n) is 10.8. The third kappa shape index (κ3) is 4.37. The van der Waals surface area contributed by atoms with E-state index >= 15 is 0 Å². The molecule has 1 saturated carbocycles. The van der Waals surface area contributed by atoms with E-state index in [0.717, 1.165) is 17.7 Å². The molecule has 2 saturated heterocycles. The lowest BCUT2D eigenvalue weighted by Gasteiger charge is -2.33. The highest BCUT2D eigenvalue weighted by Crippen LogP contribution is 2.36. The van der Waals surface area contributed by atoms with Gasteiger partial charge in [0, 0.05) is 18.8 Å². The number of morpholine rings is 1. The summed E-state index contributed by atoms with van der Waals surface area (Å²) in [6.45, 7) is 2.90. The summed E-state index contributed by atoms with van der Waals surface area (Å²) >= 11 is 0. The van der Waals surface area contributed by atoms with Gasteiger partial charge in [-0.3, -0.25) is 14.5 Å². The Labute approximate surface area is 187 Å². The topological polar surface area (TPSA) is 125 Å². The van der Waals surface area contributed by atoms with Gasteiger partial charge in [0.1, 0.15) is 12.1 Å². The Morgan fingerprint density at radius 1 is 1.22 bits per heavy atom. The molecule has 0 radical (unpaired) electrons. The van der Waals surface area contributed by atoms with E-state index < -0.39 is 34.0 Å². The molecule has 1 aromatic carbocycles. The Bertz CT molecular complexity index is 1010. The number of anilines is 1. The van der Waals surface area contributed by atoms with Crippen LogP contribution in [0.2, 0.25) is 0 Å². The largest absolute Gasteiger partial charge is 0.379 e. The van der Waals surface area contributed by atoms with Gasteiger partial charge < -0.3 is 15.4 Å². The Morgan fingerprint density at radius 3 is 2.59 bits per heavy atom. The second-order valence-electron chi connectivity index (χ2n) is 8.68. The zero-order chi connectivity index (χ0) is 22.9. The Morgan fingerprint density at radius 2 is 1.91 bits per heavy atom. The van der Waals surface area contributed by atoms with Crippen molar-refractivity contribution in [2.24, 2.45) is 5.92 Å². The van der Waals surface area contributed by atoms with Crippen molar-refractivity contribution in [1.82, 2.24) is 14.5 Å². The van der Waals surface area contributed by atoms with Gasteiger partial charge in [0.2, 0.25) is 15.9 Å². The van der Waals surface area contributed by atoms with Crippen molar-refractivity contribution in [3.05, 3.63) is 24.3 Å². The summed E-state index contributed by atoms with van der Waals surface area (Å²) in [6, 6.07) is 5.37. The van der Waals surface area contributed by atoms with Gasteiger partial charge >= 0.3 is 6.03 Å². The molecule has 10 nitrogen and oxygen atoms in total. The molecule has 4 rings (SSSR count). The number of carbonyl (C=O) groups excluding carboxylic acids is 3. The van der Waals surface area contributed by atoms with Gasteiger partial charge in [0.25, 0.3) is 5.91 Å². The highest BCUT2D eigenvalue weighted by atomic mass is 32.2. The summed E-state index contributed by atoms with van der Waals surface area (Å²) in [5, 5.41) is 5.39. The maximum atomic E-state index is 12.9. The molecule has 0 aromatic heterocycles. The lowest BCUT2D eigenvalue weighted by atomic mass is 9.77. The summed E-state index contributed by atoms with van der Waals surface area (Å²) in [4.78, 5) is 38.9. The zero-order valence-corrected chi connectivity index (χ0v) is 18.8. The van der Waals surface area contributed by atoms with E-state index in [-0.39, 0.29) is 29.6 Å². The van der Waals surface area contributed by atoms with Gasteiger partial charge in [0.15, 0.2) is 0 Å². The van der Waals surface area contributed by atoms with Crippen molar-refractivity contribution < 1.29 is 27.5 Å². The van der Waals surface area contributed by atoms with Crippen molar-refractivity contribution in [2.75, 3.05) is 38.2 Å². The van der Waals surface area contributed by atoms with E-state index in [2.05, 4.69) is 17.6 Å². The van der Waals surface area contributed by atoms with Crippen LogP contribution >= 0.6 is 0 Å². The van der Waals surface area contributed by atoms with Gasteiger partial charge in [-0.15, -0.1) is 0 Å². The van der Waals surface area contributed by atoms with E-state index in [0.29, 0.717) is 32.0 Å². The van der Waals surface area contributed by atoms with E-state index in [1.165, 1.54) is 22.5 Å². The Hall–Kier alpha value is -2.50. The molecule has 3 aliphatic rings. The molecule has 2 heterocycles. The fourth-order valence-electron chi connectivity index (χ4n) is 4.43. The first-order chi connectivity index (χ1) is 15.2. The van der Waals surface area contributed by atoms with Crippen LogP contribution in [0.3, 0.4) is 0 Å². The van der Waals surface area contributed by atoms with Crippen LogP contribution in [0.4, 0.5) is 10.5 Å². The molecule has 4 amide bonds. The number of hydrogen-bond donors (Lipinski definition) is 2. The molecule has 0 unspecified atom stereocenters. The SMILES string of the molecule is CC1CCC2(CC1)NC(=O)N(CC(=O)Nc1cccc(S(=O)(=O)N3CCOCC3)c1)C2=O. The number of benzene rings is 1. The highest BCUT2D eigenvalue weighted by molar-refractivity contribution is 7.89. The molecule has 3 fully saturated rings. The number of hydrogen-bond acceptors (Lipinski definition) is 6. The number of rotatable bonds is 5. The predicted molar refractivity (Wildman–Crippen MR) is 115 cm³/mol. The molecule has 1 spiro atoms. The summed E-state index contributed by atoms with van der Waals surface area (Å²) < 4.78 is 32.2. The van der Waals surface area contributed by atoms with Crippen molar-refractivity contribution in [3.63, 3.8) is 0 Å². The third-order valence-corrected chi connectivity index (χ3v) is 8.30. The minimum absolute atomic E-state index is 0.0578. The smallest absolute Gasteiger partial charge is 0.325 e. The van der Waals surface area contributed by atoms with Crippen molar-refractivity contribution >= 4 is 33.6 Å². The van der Waals surface area contributed by atoms with Gasteiger partial charge in [0.05, 0.1) is 18.1 Å². The van der Waals surface area contributed by atoms with Gasteiger partial charge in [-0.25, -0.2) is 13.2 Å². The Balaban J connectivity index is 1.42. The average molecular weight is 465 g/mol. The molecular weight excluding hydrogens is 436 g/mol. The minimum Gasteiger partial charge on any atom is -0.379 e. The fourth-order valence-corrected chi connectivity index (χ4v) is 5.88.